The van der Waals surface area contributed by atoms with E-state index in [1.54, 1.807) is 18.7 Å². The number of halogens is 4. The average molecular weight is 305 g/mol. The molecule has 0 aliphatic carbocycles. The van der Waals surface area contributed by atoms with Crippen LogP contribution < -0.4 is 0 Å². The zero-order valence-electron chi connectivity index (χ0n) is 12.3. The van der Waals surface area contributed by atoms with Gasteiger partial charge in [-0.1, -0.05) is 0 Å². The van der Waals surface area contributed by atoms with Gasteiger partial charge in [-0.25, -0.2) is 17.6 Å². The van der Waals surface area contributed by atoms with Crippen LogP contribution in [-0.2, 0) is 6.54 Å². The van der Waals surface area contributed by atoms with Crippen LogP contribution in [0.3, 0.4) is 0 Å². The Kier molecular flexibility index (Phi) is 4.31. The first kappa shape index (κ1) is 16.2. The first-order valence-electron chi connectivity index (χ1n) is 6.89. The smallest absolute Gasteiger partial charge is 0.166 e. The van der Waals surface area contributed by atoms with Gasteiger partial charge in [0.1, 0.15) is 0 Å². The molecule has 1 heterocycles. The van der Waals surface area contributed by atoms with Gasteiger partial charge < -0.3 is 5.11 Å². The zero-order valence-corrected chi connectivity index (χ0v) is 12.3. The monoisotopic (exact) mass is 305 g/mol. The van der Waals surface area contributed by atoms with E-state index in [1.807, 2.05) is 0 Å². The van der Waals surface area contributed by atoms with Crippen molar-refractivity contribution in [2.24, 2.45) is 5.92 Å². The normalized spacial score (nSPS) is 20.3. The molecule has 6 heteroatoms. The highest BCUT2D eigenvalue weighted by Crippen LogP contribution is 2.30. The van der Waals surface area contributed by atoms with E-state index in [-0.39, 0.29) is 12.5 Å². The predicted molar refractivity (Wildman–Crippen MR) is 70.7 cm³/mol. The summed E-state index contributed by atoms with van der Waals surface area (Å²) in [5, 5.41) is 9.94. The Morgan fingerprint density at radius 1 is 1.10 bits per heavy atom. The van der Waals surface area contributed by atoms with Crippen molar-refractivity contribution in [2.45, 2.75) is 39.3 Å². The number of likely N-dealkylation sites (tertiary alicyclic amines) is 1. The van der Waals surface area contributed by atoms with Crippen molar-refractivity contribution in [3.05, 3.63) is 34.4 Å². The van der Waals surface area contributed by atoms with Crippen molar-refractivity contribution < 1.29 is 22.7 Å². The van der Waals surface area contributed by atoms with E-state index in [1.165, 1.54) is 0 Å². The molecule has 2 nitrogen and oxygen atoms in total. The second-order valence-corrected chi connectivity index (χ2v) is 6.23. The summed E-state index contributed by atoms with van der Waals surface area (Å²) in [7, 11) is 0. The van der Waals surface area contributed by atoms with Gasteiger partial charge in [-0.05, 0) is 33.7 Å². The summed E-state index contributed by atoms with van der Waals surface area (Å²) >= 11 is 0. The van der Waals surface area contributed by atoms with E-state index in [4.69, 9.17) is 0 Å². The number of aliphatic hydroxyl groups is 1. The third kappa shape index (κ3) is 3.06. The SMILES string of the molecule is Cc1c(F)c(F)c(CN2CC[C@@H](C(C)(C)O)C2)c(F)c1F. The minimum atomic E-state index is -1.35. The van der Waals surface area contributed by atoms with E-state index in [2.05, 4.69) is 0 Å². The summed E-state index contributed by atoms with van der Waals surface area (Å²) in [5.74, 6) is -5.40. The average Bonchev–Trinajstić information content (AvgIpc) is 2.88. The highest BCUT2D eigenvalue weighted by molar-refractivity contribution is 5.29. The Morgan fingerprint density at radius 3 is 2.05 bits per heavy atom. The first-order valence-corrected chi connectivity index (χ1v) is 6.89. The number of benzene rings is 1. The van der Waals surface area contributed by atoms with Crippen LogP contribution in [0.2, 0.25) is 0 Å². The lowest BCUT2D eigenvalue weighted by atomic mass is 9.90. The summed E-state index contributed by atoms with van der Waals surface area (Å²) in [6, 6.07) is 0. The Balaban J connectivity index is 2.22. The number of nitrogens with zero attached hydrogens (tertiary/aromatic N) is 1. The molecule has 0 spiro atoms. The molecule has 0 aromatic heterocycles. The lowest BCUT2D eigenvalue weighted by Gasteiger charge is -2.25. The fourth-order valence-electron chi connectivity index (χ4n) is 2.70. The van der Waals surface area contributed by atoms with Gasteiger partial charge in [-0.2, -0.15) is 0 Å². The summed E-state index contributed by atoms with van der Waals surface area (Å²) in [4.78, 5) is 1.69. The molecule has 1 aliphatic heterocycles. The standard InChI is InChI=1S/C15H19F4NO/c1-8-11(16)13(18)10(14(19)12(8)17)7-20-5-4-9(6-20)15(2,3)21/h9,21H,4-7H2,1-3H3/t9-/m1/s1. The van der Waals surface area contributed by atoms with Gasteiger partial charge in [0.25, 0.3) is 0 Å². The highest BCUT2D eigenvalue weighted by Gasteiger charge is 2.34. The Bertz CT molecular complexity index is 525. The fraction of sp³-hybridized carbons (Fsp3) is 0.600. The fourth-order valence-corrected chi connectivity index (χ4v) is 2.70. The van der Waals surface area contributed by atoms with Crippen LogP contribution in [-0.4, -0.2) is 28.7 Å². The van der Waals surface area contributed by atoms with E-state index >= 15 is 0 Å². The molecule has 0 amide bonds. The van der Waals surface area contributed by atoms with Crippen LogP contribution >= 0.6 is 0 Å². The molecule has 1 aromatic rings. The van der Waals surface area contributed by atoms with Crippen LogP contribution in [0.15, 0.2) is 0 Å². The third-order valence-electron chi connectivity index (χ3n) is 4.23. The number of hydrogen-bond donors (Lipinski definition) is 1. The Hall–Kier alpha value is -1.14. The summed E-state index contributed by atoms with van der Waals surface area (Å²) in [6.07, 6.45) is 0.670. The quantitative estimate of drug-likeness (QED) is 0.685. The molecule has 21 heavy (non-hydrogen) atoms. The van der Waals surface area contributed by atoms with Gasteiger partial charge in [0, 0.05) is 30.1 Å². The van der Waals surface area contributed by atoms with Crippen LogP contribution in [0, 0.1) is 36.1 Å². The minimum absolute atomic E-state index is 0.0382. The van der Waals surface area contributed by atoms with E-state index in [9.17, 15) is 22.7 Å². The van der Waals surface area contributed by atoms with Crippen LogP contribution in [0.5, 0.6) is 0 Å². The highest BCUT2D eigenvalue weighted by atomic mass is 19.2. The van der Waals surface area contributed by atoms with Gasteiger partial charge >= 0.3 is 0 Å². The molecular formula is C15H19F4NO. The molecule has 1 atom stereocenters. The van der Waals surface area contributed by atoms with Crippen molar-refractivity contribution in [3.8, 4) is 0 Å². The maximum atomic E-state index is 13.8. The van der Waals surface area contributed by atoms with Crippen molar-refractivity contribution >= 4 is 0 Å². The number of rotatable bonds is 3. The molecular weight excluding hydrogens is 286 g/mol. The van der Waals surface area contributed by atoms with Crippen molar-refractivity contribution in [3.63, 3.8) is 0 Å². The second-order valence-electron chi connectivity index (χ2n) is 6.23. The van der Waals surface area contributed by atoms with Crippen LogP contribution in [0.1, 0.15) is 31.4 Å². The maximum Gasteiger partial charge on any atom is 0.166 e. The minimum Gasteiger partial charge on any atom is -0.390 e. The predicted octanol–water partition coefficient (Wildman–Crippen LogP) is 3.14. The number of hydrogen-bond acceptors (Lipinski definition) is 2. The molecule has 0 saturated carbocycles. The van der Waals surface area contributed by atoms with Crippen molar-refractivity contribution in [1.82, 2.24) is 4.90 Å². The maximum absolute atomic E-state index is 13.8. The molecule has 0 bridgehead atoms. The molecule has 0 unspecified atom stereocenters. The van der Waals surface area contributed by atoms with Gasteiger partial charge in [0.2, 0.25) is 0 Å². The lowest BCUT2D eigenvalue weighted by molar-refractivity contribution is 0.0207. The van der Waals surface area contributed by atoms with Crippen molar-refractivity contribution in [1.29, 1.82) is 0 Å². The Labute approximate surface area is 121 Å². The molecule has 1 N–H and O–H groups in total. The molecule has 1 aliphatic rings. The first-order chi connectivity index (χ1) is 9.62. The van der Waals surface area contributed by atoms with Gasteiger partial charge in [-0.15, -0.1) is 0 Å². The van der Waals surface area contributed by atoms with Crippen LogP contribution in [0.25, 0.3) is 0 Å². The lowest BCUT2D eigenvalue weighted by Crippen LogP contribution is -2.33. The molecule has 1 saturated heterocycles. The largest absolute Gasteiger partial charge is 0.390 e. The van der Waals surface area contributed by atoms with Crippen LogP contribution in [0.4, 0.5) is 17.6 Å². The van der Waals surface area contributed by atoms with E-state index in [0.717, 1.165) is 6.92 Å². The van der Waals surface area contributed by atoms with Gasteiger partial charge in [0.15, 0.2) is 23.3 Å². The molecule has 0 radical (unpaired) electrons. The van der Waals surface area contributed by atoms with Crippen molar-refractivity contribution in [2.75, 3.05) is 13.1 Å². The third-order valence-corrected chi connectivity index (χ3v) is 4.23. The topological polar surface area (TPSA) is 23.5 Å². The summed E-state index contributed by atoms with van der Waals surface area (Å²) in [5.41, 5.74) is -2.13. The van der Waals surface area contributed by atoms with Gasteiger partial charge in [-0.3, -0.25) is 4.90 Å². The molecule has 118 valence electrons. The Morgan fingerprint density at radius 2 is 1.62 bits per heavy atom. The molecule has 1 fully saturated rings. The van der Waals surface area contributed by atoms with E-state index < -0.39 is 40.0 Å². The summed E-state index contributed by atoms with van der Waals surface area (Å²) < 4.78 is 54.7. The molecule has 1 aromatic carbocycles. The molecule has 2 rings (SSSR count). The summed E-state index contributed by atoms with van der Waals surface area (Å²) in [6.45, 7) is 5.09. The van der Waals surface area contributed by atoms with Gasteiger partial charge in [0.05, 0.1) is 5.60 Å². The zero-order chi connectivity index (χ0) is 15.9. The van der Waals surface area contributed by atoms with E-state index in [0.29, 0.717) is 19.5 Å². The second kappa shape index (κ2) is 5.57.